The van der Waals surface area contributed by atoms with Gasteiger partial charge in [0.1, 0.15) is 11.5 Å². The van der Waals surface area contributed by atoms with E-state index in [4.69, 9.17) is 4.74 Å². The third-order valence-corrected chi connectivity index (χ3v) is 3.02. The minimum Gasteiger partial charge on any atom is -0.507 e. The molecule has 0 unspecified atom stereocenters. The molecule has 4 nitrogen and oxygen atoms in total. The molecule has 1 aliphatic carbocycles. The number of rotatable bonds is 4. The van der Waals surface area contributed by atoms with Crippen molar-refractivity contribution in [2.24, 2.45) is 0 Å². The molecule has 0 spiro atoms. The van der Waals surface area contributed by atoms with Crippen molar-refractivity contribution < 1.29 is 14.6 Å². The fraction of sp³-hybridized carbons (Fsp3) is 0.462. The molecule has 1 aromatic rings. The number of hydrogen-bond acceptors (Lipinski definition) is 3. The molecule has 1 aromatic carbocycles. The maximum Gasteiger partial charge on any atom is 0.257 e. The molecular weight excluding hydrogens is 218 g/mol. The van der Waals surface area contributed by atoms with Gasteiger partial charge in [0, 0.05) is 18.7 Å². The Hall–Kier alpha value is -1.71. The molecule has 1 N–H and O–H groups in total. The Bertz CT molecular complexity index is 427. The zero-order chi connectivity index (χ0) is 12.4. The highest BCUT2D eigenvalue weighted by molar-refractivity contribution is 5.97. The molecule has 0 heterocycles. The zero-order valence-electron chi connectivity index (χ0n) is 10.1. The summed E-state index contributed by atoms with van der Waals surface area (Å²) in [6.45, 7) is 2.63. The maximum atomic E-state index is 12.2. The lowest BCUT2D eigenvalue weighted by molar-refractivity contribution is 0.0749. The summed E-state index contributed by atoms with van der Waals surface area (Å²) in [5.74, 6) is 0.428. The Labute approximate surface area is 101 Å². The smallest absolute Gasteiger partial charge is 0.257 e. The van der Waals surface area contributed by atoms with Crippen molar-refractivity contribution in [3.63, 3.8) is 0 Å². The molecule has 1 aliphatic rings. The van der Waals surface area contributed by atoms with Crippen LogP contribution in [0.1, 0.15) is 30.1 Å². The fourth-order valence-corrected chi connectivity index (χ4v) is 1.93. The summed E-state index contributed by atoms with van der Waals surface area (Å²) < 4.78 is 4.99. The van der Waals surface area contributed by atoms with Crippen molar-refractivity contribution in [3.05, 3.63) is 23.8 Å². The average molecular weight is 235 g/mol. The molecule has 0 atom stereocenters. The predicted octanol–water partition coefficient (Wildman–Crippen LogP) is 2.03. The third-order valence-electron chi connectivity index (χ3n) is 3.02. The molecule has 0 bridgehead atoms. The fourth-order valence-electron chi connectivity index (χ4n) is 1.93. The predicted molar refractivity (Wildman–Crippen MR) is 64.4 cm³/mol. The molecular formula is C13H17NO3. The lowest BCUT2D eigenvalue weighted by Crippen LogP contribution is -2.32. The van der Waals surface area contributed by atoms with E-state index in [-0.39, 0.29) is 11.7 Å². The Kier molecular flexibility index (Phi) is 3.22. The van der Waals surface area contributed by atoms with E-state index in [1.165, 1.54) is 13.2 Å². The lowest BCUT2D eigenvalue weighted by atomic mass is 10.1. The Morgan fingerprint density at radius 2 is 2.24 bits per heavy atom. The van der Waals surface area contributed by atoms with Crippen LogP contribution in [0, 0.1) is 0 Å². The van der Waals surface area contributed by atoms with Crippen LogP contribution >= 0.6 is 0 Å². The Morgan fingerprint density at radius 1 is 1.53 bits per heavy atom. The summed E-state index contributed by atoms with van der Waals surface area (Å²) in [5, 5.41) is 9.81. The van der Waals surface area contributed by atoms with Gasteiger partial charge in [-0.3, -0.25) is 4.79 Å². The van der Waals surface area contributed by atoms with Gasteiger partial charge in [-0.2, -0.15) is 0 Å². The number of carbonyl (C=O) groups excluding carboxylic acids is 1. The van der Waals surface area contributed by atoms with Gasteiger partial charge in [0.25, 0.3) is 5.91 Å². The van der Waals surface area contributed by atoms with Crippen molar-refractivity contribution in [3.8, 4) is 11.5 Å². The van der Waals surface area contributed by atoms with Crippen LogP contribution in [0.2, 0.25) is 0 Å². The number of benzene rings is 1. The molecule has 4 heteroatoms. The van der Waals surface area contributed by atoms with Gasteiger partial charge in [0.05, 0.1) is 12.7 Å². The van der Waals surface area contributed by atoms with Crippen LogP contribution in [0.15, 0.2) is 18.2 Å². The van der Waals surface area contributed by atoms with Crippen LogP contribution in [0.3, 0.4) is 0 Å². The monoisotopic (exact) mass is 235 g/mol. The topological polar surface area (TPSA) is 49.8 Å². The molecule has 1 fully saturated rings. The van der Waals surface area contributed by atoms with Crippen molar-refractivity contribution in [2.75, 3.05) is 13.7 Å². The maximum absolute atomic E-state index is 12.2. The number of methoxy groups -OCH3 is 1. The second kappa shape index (κ2) is 4.65. The van der Waals surface area contributed by atoms with Crippen molar-refractivity contribution in [1.29, 1.82) is 0 Å². The quantitative estimate of drug-likeness (QED) is 0.868. The van der Waals surface area contributed by atoms with E-state index in [1.54, 1.807) is 12.1 Å². The van der Waals surface area contributed by atoms with Crippen LogP contribution in [-0.4, -0.2) is 35.6 Å². The van der Waals surface area contributed by atoms with E-state index < -0.39 is 0 Å². The standard InChI is InChI=1S/C13H17NO3/c1-3-14(9-4-5-9)13(16)11-7-6-10(17-2)8-12(11)15/h6-9,15H,3-5H2,1-2H3. The minimum atomic E-state index is -0.102. The van der Waals surface area contributed by atoms with Crippen LogP contribution in [0.25, 0.3) is 0 Å². The summed E-state index contributed by atoms with van der Waals surface area (Å²) in [7, 11) is 1.53. The van der Waals surface area contributed by atoms with Crippen LogP contribution in [0.4, 0.5) is 0 Å². The minimum absolute atomic E-state index is 0.0200. The number of nitrogens with zero attached hydrogens (tertiary/aromatic N) is 1. The van der Waals surface area contributed by atoms with Crippen LogP contribution in [0.5, 0.6) is 11.5 Å². The average Bonchev–Trinajstić information content (AvgIpc) is 3.14. The third kappa shape index (κ3) is 2.35. The SMILES string of the molecule is CCN(C(=O)c1ccc(OC)cc1O)C1CC1. The molecule has 92 valence electrons. The van der Waals surface area contributed by atoms with E-state index in [2.05, 4.69) is 0 Å². The first kappa shape index (κ1) is 11.8. The Morgan fingerprint density at radius 3 is 2.71 bits per heavy atom. The van der Waals surface area contributed by atoms with Crippen LogP contribution in [-0.2, 0) is 0 Å². The van der Waals surface area contributed by atoms with Crippen molar-refractivity contribution in [1.82, 2.24) is 4.90 Å². The van der Waals surface area contributed by atoms with Gasteiger partial charge in [0.2, 0.25) is 0 Å². The summed E-state index contributed by atoms with van der Waals surface area (Å²) >= 11 is 0. The first-order chi connectivity index (χ1) is 8.17. The van der Waals surface area contributed by atoms with Gasteiger partial charge in [-0.25, -0.2) is 0 Å². The summed E-state index contributed by atoms with van der Waals surface area (Å²) in [6.07, 6.45) is 2.13. The molecule has 0 radical (unpaired) electrons. The molecule has 0 aromatic heterocycles. The highest BCUT2D eigenvalue weighted by Crippen LogP contribution is 2.31. The molecule has 1 saturated carbocycles. The molecule has 0 saturated heterocycles. The highest BCUT2D eigenvalue weighted by Gasteiger charge is 2.32. The molecule has 2 rings (SSSR count). The van der Waals surface area contributed by atoms with Gasteiger partial charge in [0.15, 0.2) is 0 Å². The number of carbonyl (C=O) groups is 1. The second-order valence-electron chi connectivity index (χ2n) is 4.21. The molecule has 1 amide bonds. The van der Waals surface area contributed by atoms with Gasteiger partial charge in [-0.15, -0.1) is 0 Å². The van der Waals surface area contributed by atoms with E-state index in [1.807, 2.05) is 11.8 Å². The number of aromatic hydroxyl groups is 1. The highest BCUT2D eigenvalue weighted by atomic mass is 16.5. The van der Waals surface area contributed by atoms with Gasteiger partial charge in [-0.1, -0.05) is 0 Å². The summed E-state index contributed by atoms with van der Waals surface area (Å²) in [5.41, 5.74) is 0.347. The van der Waals surface area contributed by atoms with Gasteiger partial charge < -0.3 is 14.7 Å². The van der Waals surface area contributed by atoms with Gasteiger partial charge >= 0.3 is 0 Å². The first-order valence-electron chi connectivity index (χ1n) is 5.85. The van der Waals surface area contributed by atoms with E-state index in [0.717, 1.165) is 12.8 Å². The molecule has 0 aliphatic heterocycles. The number of amides is 1. The summed E-state index contributed by atoms with van der Waals surface area (Å²) in [4.78, 5) is 14.0. The second-order valence-corrected chi connectivity index (χ2v) is 4.21. The van der Waals surface area contributed by atoms with Crippen molar-refractivity contribution >= 4 is 5.91 Å². The molecule has 17 heavy (non-hydrogen) atoms. The number of ether oxygens (including phenoxy) is 1. The lowest BCUT2D eigenvalue weighted by Gasteiger charge is -2.20. The van der Waals surface area contributed by atoms with E-state index in [0.29, 0.717) is 23.9 Å². The largest absolute Gasteiger partial charge is 0.507 e. The van der Waals surface area contributed by atoms with Crippen molar-refractivity contribution in [2.45, 2.75) is 25.8 Å². The van der Waals surface area contributed by atoms with Gasteiger partial charge in [-0.05, 0) is 31.9 Å². The normalized spacial score (nSPS) is 14.5. The summed E-state index contributed by atoms with van der Waals surface area (Å²) in [6, 6.07) is 5.12. The van der Waals surface area contributed by atoms with E-state index >= 15 is 0 Å². The van der Waals surface area contributed by atoms with Crippen LogP contribution < -0.4 is 4.74 Å². The van der Waals surface area contributed by atoms with E-state index in [9.17, 15) is 9.90 Å². The first-order valence-corrected chi connectivity index (χ1v) is 5.85. The zero-order valence-corrected chi connectivity index (χ0v) is 10.1. The number of phenolic OH excluding ortho intramolecular Hbond substituents is 1. The number of phenols is 1. The Balaban J connectivity index is 2.23. The number of hydrogen-bond donors (Lipinski definition) is 1.